The molecule has 1 saturated carbocycles. The molecule has 0 bridgehead atoms. The standard InChI is InChI=1S/C24H29ClF2N8/c1-32-23(18(25)11-30-32)15-2-5-35(20-8-16(15)20)21-9-19(17(10-28)22(31-21)24(26)27)34-12-14(13-34)33-6-3-29-4-7-33/h9,11,14-16,20,24,29H,2-8,12-13H2,1H3. The van der Waals surface area contributed by atoms with Crippen LogP contribution >= 0.6 is 11.6 Å². The van der Waals surface area contributed by atoms with Crippen molar-refractivity contribution in [2.45, 2.75) is 37.3 Å². The normalized spacial score (nSPS) is 27.0. The Labute approximate surface area is 208 Å². The highest BCUT2D eigenvalue weighted by molar-refractivity contribution is 6.31. The number of aryl methyl sites for hydroxylation is 1. The molecule has 0 spiro atoms. The van der Waals surface area contributed by atoms with Crippen LogP contribution in [0.25, 0.3) is 0 Å². The lowest BCUT2D eigenvalue weighted by molar-refractivity contribution is 0.144. The molecule has 2 aromatic heterocycles. The number of anilines is 2. The van der Waals surface area contributed by atoms with E-state index in [1.165, 1.54) is 0 Å². The highest BCUT2D eigenvalue weighted by Crippen LogP contribution is 2.53. The fourth-order valence-corrected chi connectivity index (χ4v) is 6.55. The fraction of sp³-hybridized carbons (Fsp3) is 0.625. The molecule has 6 rings (SSSR count). The van der Waals surface area contributed by atoms with E-state index in [1.54, 1.807) is 6.20 Å². The summed E-state index contributed by atoms with van der Waals surface area (Å²) in [6.45, 7) is 6.12. The van der Waals surface area contributed by atoms with Gasteiger partial charge in [0.15, 0.2) is 0 Å². The summed E-state index contributed by atoms with van der Waals surface area (Å²) >= 11 is 6.41. The minimum absolute atomic E-state index is 0.00594. The van der Waals surface area contributed by atoms with E-state index in [1.807, 2.05) is 23.9 Å². The van der Waals surface area contributed by atoms with Gasteiger partial charge in [0.1, 0.15) is 23.1 Å². The van der Waals surface area contributed by atoms with Crippen LogP contribution in [-0.4, -0.2) is 77.6 Å². The number of aromatic nitrogens is 3. The highest BCUT2D eigenvalue weighted by atomic mass is 35.5. The number of fused-ring (bicyclic) bond motifs is 1. The molecule has 11 heteroatoms. The van der Waals surface area contributed by atoms with Crippen molar-refractivity contribution in [3.63, 3.8) is 0 Å². The van der Waals surface area contributed by atoms with E-state index in [4.69, 9.17) is 11.6 Å². The van der Waals surface area contributed by atoms with E-state index in [2.05, 4.69) is 30.1 Å². The van der Waals surface area contributed by atoms with E-state index >= 15 is 0 Å². The topological polar surface area (TPSA) is 76.2 Å². The Balaban J connectivity index is 1.25. The van der Waals surface area contributed by atoms with Crippen molar-refractivity contribution in [3.05, 3.63) is 34.2 Å². The van der Waals surface area contributed by atoms with Crippen LogP contribution in [0.5, 0.6) is 0 Å². The van der Waals surface area contributed by atoms with Crippen molar-refractivity contribution >= 4 is 23.1 Å². The second-order valence-corrected chi connectivity index (χ2v) is 10.5. The van der Waals surface area contributed by atoms with Crippen LogP contribution < -0.4 is 15.1 Å². The summed E-state index contributed by atoms with van der Waals surface area (Å²) in [4.78, 5) is 11.0. The molecule has 186 valence electrons. The summed E-state index contributed by atoms with van der Waals surface area (Å²) in [5.41, 5.74) is 1.25. The van der Waals surface area contributed by atoms with Gasteiger partial charge in [-0.25, -0.2) is 13.8 Å². The SMILES string of the molecule is Cn1ncc(Cl)c1C1CCN(c2cc(N3CC(N4CCNCC4)C3)c(C#N)c(C(F)F)n2)C2CC12. The van der Waals surface area contributed by atoms with E-state index in [-0.39, 0.29) is 11.6 Å². The predicted octanol–water partition coefficient (Wildman–Crippen LogP) is 2.75. The second-order valence-electron chi connectivity index (χ2n) is 10.1. The quantitative estimate of drug-likeness (QED) is 0.673. The molecule has 35 heavy (non-hydrogen) atoms. The smallest absolute Gasteiger partial charge is 0.281 e. The van der Waals surface area contributed by atoms with Gasteiger partial charge in [-0.15, -0.1) is 0 Å². The van der Waals surface area contributed by atoms with Crippen molar-refractivity contribution in [1.82, 2.24) is 25.0 Å². The number of alkyl halides is 2. The number of piperazine rings is 1. The maximum atomic E-state index is 14.0. The first-order valence-corrected chi connectivity index (χ1v) is 12.7. The first-order chi connectivity index (χ1) is 17.0. The lowest BCUT2D eigenvalue weighted by Gasteiger charge is -2.48. The number of rotatable bonds is 5. The molecule has 4 aliphatic rings. The Hall–Kier alpha value is -2.48. The van der Waals surface area contributed by atoms with Gasteiger partial charge in [-0.2, -0.15) is 10.4 Å². The third kappa shape index (κ3) is 3.94. The lowest BCUT2D eigenvalue weighted by Crippen LogP contribution is -2.63. The average molecular weight is 503 g/mol. The molecule has 3 atom stereocenters. The van der Waals surface area contributed by atoms with Gasteiger partial charge in [0.2, 0.25) is 0 Å². The van der Waals surface area contributed by atoms with Crippen molar-refractivity contribution < 1.29 is 8.78 Å². The van der Waals surface area contributed by atoms with Crippen LogP contribution in [0, 0.1) is 17.2 Å². The van der Waals surface area contributed by atoms with Gasteiger partial charge in [0.25, 0.3) is 6.43 Å². The van der Waals surface area contributed by atoms with E-state index in [9.17, 15) is 14.0 Å². The van der Waals surface area contributed by atoms with Gasteiger partial charge >= 0.3 is 0 Å². The second kappa shape index (κ2) is 8.87. The first kappa shape index (κ1) is 23.0. The highest BCUT2D eigenvalue weighted by Gasteiger charge is 2.52. The van der Waals surface area contributed by atoms with E-state index in [0.29, 0.717) is 41.0 Å². The fourth-order valence-electron chi connectivity index (χ4n) is 6.25. The number of piperidine rings is 1. The molecular formula is C24H29ClF2N8. The minimum Gasteiger partial charge on any atom is -0.367 e. The average Bonchev–Trinajstić information content (AvgIpc) is 3.57. The summed E-state index contributed by atoms with van der Waals surface area (Å²) in [6.07, 6.45) is 0.720. The summed E-state index contributed by atoms with van der Waals surface area (Å²) in [6, 6.07) is 4.52. The molecule has 0 radical (unpaired) electrons. The molecule has 1 N–H and O–H groups in total. The lowest BCUT2D eigenvalue weighted by atomic mass is 9.92. The van der Waals surface area contributed by atoms with Gasteiger partial charge in [-0.3, -0.25) is 9.58 Å². The molecule has 4 fully saturated rings. The number of nitrogens with one attached hydrogen (secondary N) is 1. The van der Waals surface area contributed by atoms with Gasteiger partial charge in [0, 0.05) is 76.9 Å². The molecule has 3 saturated heterocycles. The molecule has 5 heterocycles. The number of halogens is 3. The van der Waals surface area contributed by atoms with Crippen molar-refractivity contribution in [1.29, 1.82) is 5.26 Å². The monoisotopic (exact) mass is 502 g/mol. The largest absolute Gasteiger partial charge is 0.367 e. The number of pyridine rings is 1. The number of hydrogen-bond acceptors (Lipinski definition) is 7. The van der Waals surface area contributed by atoms with Gasteiger partial charge in [-0.1, -0.05) is 11.6 Å². The molecule has 3 aliphatic heterocycles. The van der Waals surface area contributed by atoms with Crippen molar-refractivity contribution in [2.24, 2.45) is 13.0 Å². The zero-order chi connectivity index (χ0) is 24.3. The van der Waals surface area contributed by atoms with Gasteiger partial charge in [-0.05, 0) is 18.8 Å². The van der Waals surface area contributed by atoms with Crippen LogP contribution in [0.2, 0.25) is 5.02 Å². The molecule has 3 unspecified atom stereocenters. The molecule has 0 aromatic carbocycles. The molecule has 2 aromatic rings. The van der Waals surface area contributed by atoms with Crippen LogP contribution in [0.1, 0.15) is 42.1 Å². The van der Waals surface area contributed by atoms with Gasteiger partial charge < -0.3 is 15.1 Å². The Kier molecular flexibility index (Phi) is 5.82. The number of nitrogens with zero attached hydrogens (tertiary/aromatic N) is 7. The maximum absolute atomic E-state index is 14.0. The summed E-state index contributed by atoms with van der Waals surface area (Å²) in [7, 11) is 1.91. The van der Waals surface area contributed by atoms with Crippen LogP contribution in [-0.2, 0) is 7.05 Å². The Morgan fingerprint density at radius 3 is 2.66 bits per heavy atom. The van der Waals surface area contributed by atoms with Crippen molar-refractivity contribution in [3.8, 4) is 6.07 Å². The molecular weight excluding hydrogens is 474 g/mol. The van der Waals surface area contributed by atoms with Crippen molar-refractivity contribution in [2.75, 3.05) is 55.6 Å². The van der Waals surface area contributed by atoms with Crippen LogP contribution in [0.3, 0.4) is 0 Å². The predicted molar refractivity (Wildman–Crippen MR) is 129 cm³/mol. The third-order valence-corrected chi connectivity index (χ3v) is 8.48. The van der Waals surface area contributed by atoms with E-state index < -0.39 is 12.1 Å². The maximum Gasteiger partial charge on any atom is 0.281 e. The Morgan fingerprint density at radius 2 is 2.00 bits per heavy atom. The summed E-state index contributed by atoms with van der Waals surface area (Å²) in [5, 5.41) is 18.1. The molecule has 8 nitrogen and oxygen atoms in total. The minimum atomic E-state index is -2.80. The van der Waals surface area contributed by atoms with E-state index in [0.717, 1.165) is 57.8 Å². The summed E-state index contributed by atoms with van der Waals surface area (Å²) < 4.78 is 29.9. The molecule has 0 amide bonds. The number of nitriles is 1. The number of hydrogen-bond donors (Lipinski definition) is 1. The zero-order valence-electron chi connectivity index (χ0n) is 19.7. The Morgan fingerprint density at radius 1 is 1.23 bits per heavy atom. The Bertz CT molecular complexity index is 1130. The van der Waals surface area contributed by atoms with Gasteiger partial charge in [0.05, 0.1) is 22.6 Å². The third-order valence-electron chi connectivity index (χ3n) is 8.19. The van der Waals surface area contributed by atoms with Crippen LogP contribution in [0.4, 0.5) is 20.3 Å². The summed E-state index contributed by atoms with van der Waals surface area (Å²) in [5.74, 6) is 1.26. The molecule has 1 aliphatic carbocycles. The van der Waals surface area contributed by atoms with Crippen LogP contribution in [0.15, 0.2) is 12.3 Å². The zero-order valence-corrected chi connectivity index (χ0v) is 20.4. The first-order valence-electron chi connectivity index (χ1n) is 12.3.